The Balaban J connectivity index is -0.00000112. The molecule has 0 amide bonds. The van der Waals surface area contributed by atoms with Gasteiger partial charge in [-0.15, -0.1) is 10.1 Å². The molecular formula is C6H8FNO9. The van der Waals surface area contributed by atoms with E-state index in [2.05, 4.69) is 4.84 Å². The minimum Gasteiger partial charge on any atom is -1.00 e. The smallest absolute Gasteiger partial charge is 1.00 e. The fourth-order valence-corrected chi connectivity index (χ4v) is 0.949. The number of hydrogen-bond donors (Lipinski definition) is 3. The van der Waals surface area contributed by atoms with Gasteiger partial charge in [-0.3, -0.25) is 14.4 Å². The van der Waals surface area contributed by atoms with Crippen LogP contribution >= 0.6 is 0 Å². The van der Waals surface area contributed by atoms with Gasteiger partial charge in [0, 0.05) is 0 Å². The van der Waals surface area contributed by atoms with Crippen molar-refractivity contribution < 1.29 is 45.8 Å². The molecule has 0 rings (SSSR count). The van der Waals surface area contributed by atoms with Crippen molar-refractivity contribution in [3.63, 3.8) is 0 Å². The highest BCUT2D eigenvalue weighted by Crippen LogP contribution is 2.22. The van der Waals surface area contributed by atoms with Gasteiger partial charge in [0.25, 0.3) is 5.09 Å². The molecule has 10 nitrogen and oxygen atoms in total. The van der Waals surface area contributed by atoms with Gasteiger partial charge in [0.05, 0.1) is 12.8 Å². The zero-order valence-corrected chi connectivity index (χ0v) is 8.03. The van der Waals surface area contributed by atoms with E-state index < -0.39 is 41.4 Å². The Kier molecular flexibility index (Phi) is 6.18. The molecular weight excluding hydrogens is 249 g/mol. The number of nitrogens with zero attached hydrogens (tertiary/aromatic N) is 1. The highest BCUT2D eigenvalue weighted by Gasteiger charge is 2.47. The fourth-order valence-electron chi connectivity index (χ4n) is 0.949. The summed E-state index contributed by atoms with van der Waals surface area (Å²) in [4.78, 5) is 45.0. The van der Waals surface area contributed by atoms with Crippen LogP contribution in [0.1, 0.15) is 14.3 Å². The van der Waals surface area contributed by atoms with Crippen molar-refractivity contribution in [2.45, 2.75) is 18.4 Å². The minimum absolute atomic E-state index is 0. The van der Waals surface area contributed by atoms with Crippen LogP contribution in [0.4, 0.5) is 0 Å². The van der Waals surface area contributed by atoms with Crippen molar-refractivity contribution in [3.8, 4) is 0 Å². The molecule has 0 unspecified atom stereocenters. The molecule has 0 heterocycles. The molecule has 0 atom stereocenters. The summed E-state index contributed by atoms with van der Waals surface area (Å²) < 4.78 is 0. The monoisotopic (exact) mass is 257 g/mol. The Labute approximate surface area is 93.4 Å². The van der Waals surface area contributed by atoms with Gasteiger partial charge in [0.1, 0.15) is 0 Å². The molecule has 0 aliphatic carbocycles. The predicted molar refractivity (Wildman–Crippen MR) is 44.1 cm³/mol. The minimum atomic E-state index is -2.92. The maximum Gasteiger partial charge on any atom is 1.00 e. The largest absolute Gasteiger partial charge is 1.00 e. The summed E-state index contributed by atoms with van der Waals surface area (Å²) in [5.74, 6) is -5.50. The van der Waals surface area contributed by atoms with Crippen molar-refractivity contribution in [2.24, 2.45) is 0 Å². The third-order valence-electron chi connectivity index (χ3n) is 1.51. The number of rotatable bonds is 7. The molecule has 0 fully saturated rings. The quantitative estimate of drug-likeness (QED) is 0.305. The second-order valence-electron chi connectivity index (χ2n) is 2.76. The summed E-state index contributed by atoms with van der Waals surface area (Å²) >= 11 is 0. The zero-order valence-electron chi connectivity index (χ0n) is 9.03. The first kappa shape index (κ1) is 17.0. The molecule has 0 bridgehead atoms. The molecule has 0 aromatic rings. The summed E-state index contributed by atoms with van der Waals surface area (Å²) in [6, 6.07) is 0. The zero-order chi connectivity index (χ0) is 12.9. The molecule has 0 aliphatic heterocycles. The normalized spacial score (nSPS) is 9.88. The molecule has 0 aliphatic rings. The Morgan fingerprint density at radius 3 is 1.71 bits per heavy atom. The summed E-state index contributed by atoms with van der Waals surface area (Å²) in [5.41, 5.74) is -2.92. The molecule has 0 saturated carbocycles. The van der Waals surface area contributed by atoms with Crippen LogP contribution < -0.4 is 4.70 Å². The van der Waals surface area contributed by atoms with E-state index in [4.69, 9.17) is 15.3 Å². The fraction of sp³-hybridized carbons (Fsp3) is 0.500. The second kappa shape index (κ2) is 6.19. The lowest BCUT2D eigenvalue weighted by atomic mass is 9.96. The highest BCUT2D eigenvalue weighted by molar-refractivity contribution is 5.88. The van der Waals surface area contributed by atoms with Gasteiger partial charge in [0.15, 0.2) is 0 Å². The van der Waals surface area contributed by atoms with E-state index in [0.29, 0.717) is 0 Å². The van der Waals surface area contributed by atoms with Crippen molar-refractivity contribution in [3.05, 3.63) is 10.1 Å². The first-order valence-electron chi connectivity index (χ1n) is 3.70. The van der Waals surface area contributed by atoms with Crippen molar-refractivity contribution in [2.75, 3.05) is 0 Å². The summed E-state index contributed by atoms with van der Waals surface area (Å²) in [6.45, 7) is 0. The van der Waals surface area contributed by atoms with E-state index in [0.717, 1.165) is 0 Å². The number of carboxylic acid groups (broad SMARTS) is 3. The lowest BCUT2D eigenvalue weighted by Crippen LogP contribution is -3.00. The van der Waals surface area contributed by atoms with Gasteiger partial charge in [0.2, 0.25) is 5.60 Å². The van der Waals surface area contributed by atoms with Crippen LogP contribution in [-0.2, 0) is 19.2 Å². The summed E-state index contributed by atoms with van der Waals surface area (Å²) in [6.07, 6.45) is -2.68. The van der Waals surface area contributed by atoms with E-state index in [1.54, 1.807) is 0 Å². The number of carbonyl (C=O) groups is 3. The van der Waals surface area contributed by atoms with E-state index in [1.165, 1.54) is 0 Å². The maximum absolute atomic E-state index is 10.7. The third kappa shape index (κ3) is 5.25. The molecule has 0 saturated heterocycles. The topological polar surface area (TPSA) is 164 Å². The molecule has 11 heteroatoms. The molecule has 0 aromatic heterocycles. The highest BCUT2D eigenvalue weighted by atomic mass is 19.0. The van der Waals surface area contributed by atoms with Crippen LogP contribution in [-0.4, -0.2) is 43.9 Å². The van der Waals surface area contributed by atoms with Crippen molar-refractivity contribution in [1.29, 1.82) is 0 Å². The average Bonchev–Trinajstić information content (AvgIpc) is 1.98. The molecule has 0 aromatic carbocycles. The number of carboxylic acids is 3. The van der Waals surface area contributed by atoms with Gasteiger partial charge >= 0.3 is 19.3 Å². The number of halogens is 1. The van der Waals surface area contributed by atoms with E-state index in [-0.39, 0.29) is 6.13 Å². The van der Waals surface area contributed by atoms with Crippen LogP contribution in [0.5, 0.6) is 0 Å². The Morgan fingerprint density at radius 1 is 1.18 bits per heavy atom. The third-order valence-corrected chi connectivity index (χ3v) is 1.51. The van der Waals surface area contributed by atoms with E-state index in [1.807, 2.05) is 0 Å². The molecule has 0 radical (unpaired) electrons. The number of hydrogen-bond acceptors (Lipinski definition) is 6. The predicted octanol–water partition coefficient (Wildman–Crippen LogP) is -3.92. The molecule has 3 N–H and O–H groups in total. The van der Waals surface area contributed by atoms with Gasteiger partial charge < -0.3 is 20.0 Å². The maximum atomic E-state index is 10.7. The average molecular weight is 257 g/mol. The summed E-state index contributed by atoms with van der Waals surface area (Å²) in [7, 11) is 0. The van der Waals surface area contributed by atoms with Crippen molar-refractivity contribution >= 4 is 17.9 Å². The molecule has 17 heavy (non-hydrogen) atoms. The van der Waals surface area contributed by atoms with E-state index in [9.17, 15) is 24.5 Å². The van der Waals surface area contributed by atoms with Crippen LogP contribution in [0, 0.1) is 10.1 Å². The van der Waals surface area contributed by atoms with Gasteiger partial charge in [-0.25, -0.2) is 4.79 Å². The standard InChI is InChI=1S/C6H7NO9.FH/c8-3(9)1-6(5(12)13,2-4(10)11)16-7(14)15;/h1-2H2,(H,8,9)(H,10,11)(H,12,13);1H. The Hall–Kier alpha value is -2.46. The Bertz CT molecular complexity index is 305. The molecule has 98 valence electrons. The lowest BCUT2D eigenvalue weighted by molar-refractivity contribution is -0.776. The second-order valence-corrected chi connectivity index (χ2v) is 2.76. The first-order chi connectivity index (χ1) is 7.19. The van der Waals surface area contributed by atoms with Crippen molar-refractivity contribution in [1.82, 2.24) is 0 Å². The lowest BCUT2D eigenvalue weighted by Gasteiger charge is -2.22. The summed E-state index contributed by atoms with van der Waals surface area (Å²) in [5, 5.41) is 33.8. The SMILES string of the molecule is O=C(O)CC(CC(=O)O)(O[N+](=O)[O-])C(=O)O.[F-].[H+]. The van der Waals surface area contributed by atoms with Crippen LogP contribution in [0.25, 0.3) is 0 Å². The first-order valence-corrected chi connectivity index (χ1v) is 3.70. The van der Waals surface area contributed by atoms with Gasteiger partial charge in [-0.05, 0) is 0 Å². The Morgan fingerprint density at radius 2 is 1.53 bits per heavy atom. The van der Waals surface area contributed by atoms with Crippen LogP contribution in [0.15, 0.2) is 0 Å². The van der Waals surface area contributed by atoms with E-state index >= 15 is 0 Å². The van der Waals surface area contributed by atoms with Crippen LogP contribution in [0.3, 0.4) is 0 Å². The van der Waals surface area contributed by atoms with Gasteiger partial charge in [-0.1, -0.05) is 0 Å². The number of aliphatic carboxylic acids is 3. The molecule has 0 spiro atoms. The van der Waals surface area contributed by atoms with Crippen LogP contribution in [0.2, 0.25) is 0 Å². The van der Waals surface area contributed by atoms with Gasteiger partial charge in [-0.2, -0.15) is 0 Å².